The molecule has 0 saturated heterocycles. The number of hydrogen-bond donors (Lipinski definition) is 1. The van der Waals surface area contributed by atoms with E-state index in [1.54, 1.807) is 6.07 Å². The van der Waals surface area contributed by atoms with Crippen molar-refractivity contribution in [2.45, 2.75) is 58.3 Å². The van der Waals surface area contributed by atoms with Gasteiger partial charge >= 0.3 is 5.92 Å². The van der Waals surface area contributed by atoms with E-state index < -0.39 is 12.5 Å². The maximum absolute atomic E-state index is 15.4. The molecule has 6 rings (SSSR count). The predicted octanol–water partition coefficient (Wildman–Crippen LogP) is 7.54. The van der Waals surface area contributed by atoms with Crippen LogP contribution in [0.15, 0.2) is 36.4 Å². The average Bonchev–Trinajstić information content (AvgIpc) is 3.18. The van der Waals surface area contributed by atoms with Gasteiger partial charge in [0.25, 0.3) is 0 Å². The van der Waals surface area contributed by atoms with Crippen LogP contribution in [0.25, 0.3) is 21.9 Å². The summed E-state index contributed by atoms with van der Waals surface area (Å²) >= 11 is 0. The van der Waals surface area contributed by atoms with Crippen molar-refractivity contribution in [3.63, 3.8) is 0 Å². The number of fused-ring (bicyclic) bond motifs is 9. The molecule has 0 amide bonds. The number of methoxy groups -OCH3 is 1. The summed E-state index contributed by atoms with van der Waals surface area (Å²) in [6.07, 6.45) is 2.87. The summed E-state index contributed by atoms with van der Waals surface area (Å²) in [4.78, 5) is 0. The van der Waals surface area contributed by atoms with Gasteiger partial charge in [-0.15, -0.1) is 0 Å². The first kappa shape index (κ1) is 21.7. The van der Waals surface area contributed by atoms with E-state index in [-0.39, 0.29) is 39.1 Å². The Labute approximate surface area is 198 Å². The average molecular weight is 465 g/mol. The fourth-order valence-electron chi connectivity index (χ4n) is 7.82. The monoisotopic (exact) mass is 464 g/mol. The number of benzene rings is 3. The van der Waals surface area contributed by atoms with Crippen LogP contribution in [-0.2, 0) is 11.3 Å². The molecule has 1 heterocycles. The van der Waals surface area contributed by atoms with Crippen LogP contribution >= 0.6 is 0 Å². The fraction of sp³-hybridized carbons (Fsp3) is 0.448. The molecule has 1 spiro atoms. The van der Waals surface area contributed by atoms with Crippen molar-refractivity contribution in [2.75, 3.05) is 13.7 Å². The minimum absolute atomic E-state index is 0.00548. The van der Waals surface area contributed by atoms with Crippen molar-refractivity contribution in [3.8, 4) is 28.4 Å². The van der Waals surface area contributed by atoms with Gasteiger partial charge in [-0.2, -0.15) is 8.78 Å². The second kappa shape index (κ2) is 6.44. The molecule has 0 radical (unpaired) electrons. The predicted molar refractivity (Wildman–Crippen MR) is 129 cm³/mol. The molecule has 1 saturated carbocycles. The van der Waals surface area contributed by atoms with E-state index in [0.29, 0.717) is 10.8 Å². The summed E-state index contributed by atoms with van der Waals surface area (Å²) in [5.41, 5.74) is 3.48. The highest BCUT2D eigenvalue weighted by molar-refractivity contribution is 6.09. The van der Waals surface area contributed by atoms with Crippen molar-refractivity contribution in [1.82, 2.24) is 0 Å². The summed E-state index contributed by atoms with van der Waals surface area (Å²) in [5, 5.41) is 12.0. The van der Waals surface area contributed by atoms with E-state index in [0.717, 1.165) is 36.0 Å². The molecular weight excluding hydrogens is 434 g/mol. The Morgan fingerprint density at radius 2 is 1.62 bits per heavy atom. The minimum atomic E-state index is -3.18. The molecule has 5 heteroatoms. The fourth-order valence-corrected chi connectivity index (χ4v) is 7.82. The number of phenols is 1. The smallest absolute Gasteiger partial charge is 0.310 e. The van der Waals surface area contributed by atoms with Crippen LogP contribution in [0.5, 0.6) is 17.2 Å². The quantitative estimate of drug-likeness (QED) is 0.404. The van der Waals surface area contributed by atoms with Crippen LogP contribution in [0.4, 0.5) is 8.78 Å². The molecule has 3 aromatic rings. The van der Waals surface area contributed by atoms with Gasteiger partial charge in [0, 0.05) is 16.2 Å². The lowest BCUT2D eigenvalue weighted by Gasteiger charge is -2.51. The molecule has 0 unspecified atom stereocenters. The van der Waals surface area contributed by atoms with E-state index in [9.17, 15) is 5.11 Å². The Kier molecular flexibility index (Phi) is 4.11. The lowest BCUT2D eigenvalue weighted by atomic mass is 9.52. The summed E-state index contributed by atoms with van der Waals surface area (Å²) in [6.45, 7) is 8.45. The normalized spacial score (nSPS) is 22.2. The van der Waals surface area contributed by atoms with Crippen molar-refractivity contribution >= 4 is 10.8 Å². The first-order valence-corrected chi connectivity index (χ1v) is 11.9. The van der Waals surface area contributed by atoms with Crippen molar-refractivity contribution in [3.05, 3.63) is 53.1 Å². The molecule has 3 aromatic carbocycles. The van der Waals surface area contributed by atoms with Crippen molar-refractivity contribution in [2.24, 2.45) is 10.8 Å². The van der Waals surface area contributed by atoms with Gasteiger partial charge in [0.05, 0.1) is 12.7 Å². The number of ether oxygens (including phenoxy) is 2. The maximum atomic E-state index is 15.4. The second-order valence-electron chi connectivity index (χ2n) is 12.0. The van der Waals surface area contributed by atoms with E-state index in [1.807, 2.05) is 24.3 Å². The molecule has 0 aromatic heterocycles. The molecule has 3 aliphatic rings. The van der Waals surface area contributed by atoms with Crippen LogP contribution in [0.2, 0.25) is 0 Å². The molecule has 1 N–H and O–H groups in total. The Hall–Kier alpha value is -2.82. The van der Waals surface area contributed by atoms with Gasteiger partial charge in [-0.25, -0.2) is 0 Å². The van der Waals surface area contributed by atoms with Crippen LogP contribution in [-0.4, -0.2) is 18.8 Å². The molecule has 1 fully saturated rings. The number of alkyl halides is 2. The van der Waals surface area contributed by atoms with Gasteiger partial charge < -0.3 is 14.6 Å². The molecule has 2 aliphatic carbocycles. The molecular formula is C29H30F2O3. The molecule has 3 nitrogen and oxygen atoms in total. The number of hydrogen-bond acceptors (Lipinski definition) is 3. The van der Waals surface area contributed by atoms with Gasteiger partial charge in [-0.3, -0.25) is 0 Å². The number of aromatic hydroxyl groups is 1. The number of phenolic OH excluding ortho intramolecular Hbond substituents is 1. The highest BCUT2D eigenvalue weighted by atomic mass is 19.3. The molecule has 178 valence electrons. The van der Waals surface area contributed by atoms with Gasteiger partial charge in [-0.1, -0.05) is 52.0 Å². The maximum Gasteiger partial charge on any atom is 0.310 e. The van der Waals surface area contributed by atoms with Crippen LogP contribution in [0.3, 0.4) is 0 Å². The summed E-state index contributed by atoms with van der Waals surface area (Å²) in [7, 11) is 1.43. The van der Waals surface area contributed by atoms with Crippen molar-refractivity contribution in [1.29, 1.82) is 0 Å². The van der Waals surface area contributed by atoms with Crippen LogP contribution in [0.1, 0.15) is 63.6 Å². The standard InChI is InChI=1S/C29H30F2O3/c1-26(2)12-27(3,4)14-28(13-26)18-9-7-6-8-16(18)22-19(28)11-20(32)17-10-21(33-5)25-24(23(17)22)29(30,31)15-34-25/h6-11,32H,12-15H2,1-5H3. The van der Waals surface area contributed by atoms with E-state index in [2.05, 4.69) is 33.8 Å². The third-order valence-corrected chi connectivity index (χ3v) is 8.05. The van der Waals surface area contributed by atoms with Gasteiger partial charge in [0.1, 0.15) is 5.75 Å². The first-order valence-electron chi connectivity index (χ1n) is 11.9. The van der Waals surface area contributed by atoms with E-state index >= 15 is 8.78 Å². The zero-order valence-electron chi connectivity index (χ0n) is 20.3. The highest BCUT2D eigenvalue weighted by Gasteiger charge is 2.55. The second-order valence-corrected chi connectivity index (χ2v) is 12.0. The number of rotatable bonds is 1. The molecule has 0 atom stereocenters. The van der Waals surface area contributed by atoms with Crippen LogP contribution < -0.4 is 9.47 Å². The lowest BCUT2D eigenvalue weighted by molar-refractivity contribution is -0.0204. The Bertz CT molecular complexity index is 1350. The van der Waals surface area contributed by atoms with E-state index in [1.165, 1.54) is 12.7 Å². The Morgan fingerprint density at radius 3 is 2.29 bits per heavy atom. The van der Waals surface area contributed by atoms with E-state index in [4.69, 9.17) is 9.47 Å². The summed E-state index contributed by atoms with van der Waals surface area (Å²) in [5.74, 6) is -2.88. The Morgan fingerprint density at radius 1 is 0.941 bits per heavy atom. The zero-order valence-corrected chi connectivity index (χ0v) is 20.3. The lowest BCUT2D eigenvalue weighted by Crippen LogP contribution is -2.43. The largest absolute Gasteiger partial charge is 0.507 e. The van der Waals surface area contributed by atoms with Crippen LogP contribution in [0, 0.1) is 10.8 Å². The van der Waals surface area contributed by atoms with Gasteiger partial charge in [0.15, 0.2) is 18.1 Å². The van der Waals surface area contributed by atoms with Gasteiger partial charge in [0.2, 0.25) is 0 Å². The Balaban J connectivity index is 1.80. The molecule has 34 heavy (non-hydrogen) atoms. The molecule has 0 bridgehead atoms. The topological polar surface area (TPSA) is 38.7 Å². The zero-order chi connectivity index (χ0) is 24.3. The SMILES string of the molecule is COc1cc2c(O)cc3c(c2c2c1OCC2(F)F)-c1ccccc1C31CC(C)(C)CC(C)(C)C1. The third-order valence-electron chi connectivity index (χ3n) is 8.05. The van der Waals surface area contributed by atoms with Crippen molar-refractivity contribution < 1.29 is 23.4 Å². The highest BCUT2D eigenvalue weighted by Crippen LogP contribution is 2.66. The minimum Gasteiger partial charge on any atom is -0.507 e. The third kappa shape index (κ3) is 2.73. The first-order chi connectivity index (χ1) is 15.9. The molecule has 1 aliphatic heterocycles. The summed E-state index contributed by atoms with van der Waals surface area (Å²) in [6, 6.07) is 11.7. The van der Waals surface area contributed by atoms with Gasteiger partial charge in [-0.05, 0) is 64.5 Å². The number of halogens is 2. The summed E-state index contributed by atoms with van der Waals surface area (Å²) < 4.78 is 41.6.